The first-order valence-corrected chi connectivity index (χ1v) is 16.0. The Morgan fingerprint density at radius 1 is 0.952 bits per heavy atom. The summed E-state index contributed by atoms with van der Waals surface area (Å²) in [5, 5.41) is 2.99. The van der Waals surface area contributed by atoms with Crippen LogP contribution in [0.4, 0.5) is 5.69 Å². The zero-order valence-electron chi connectivity index (χ0n) is 24.4. The molecule has 0 aromatic heterocycles. The second-order valence-electron chi connectivity index (χ2n) is 10.4. The molecule has 0 aliphatic carbocycles. The van der Waals surface area contributed by atoms with Crippen molar-refractivity contribution in [3.63, 3.8) is 0 Å². The summed E-state index contributed by atoms with van der Waals surface area (Å²) in [5.41, 5.74) is 3.00. The minimum absolute atomic E-state index is 0.142. The van der Waals surface area contributed by atoms with E-state index in [9.17, 15) is 18.0 Å². The lowest BCUT2D eigenvalue weighted by atomic mass is 10.0. The molecule has 0 fully saturated rings. The Bertz CT molecular complexity index is 1480. The second kappa shape index (κ2) is 14.2. The van der Waals surface area contributed by atoms with Crippen LogP contribution in [-0.4, -0.2) is 63.7 Å². The maximum Gasteiger partial charge on any atom is 0.244 e. The van der Waals surface area contributed by atoms with E-state index in [-0.39, 0.29) is 24.6 Å². The van der Waals surface area contributed by atoms with Gasteiger partial charge < -0.3 is 19.7 Å². The fourth-order valence-electron chi connectivity index (χ4n) is 4.83. The molecule has 0 saturated carbocycles. The number of sulfonamides is 1. The van der Waals surface area contributed by atoms with Gasteiger partial charge in [0.05, 0.1) is 11.9 Å². The number of carbonyl (C=O) groups excluding carboxylic acids is 2. The summed E-state index contributed by atoms with van der Waals surface area (Å²) in [5.74, 6) is 0.149. The van der Waals surface area contributed by atoms with Crippen molar-refractivity contribution in [2.75, 3.05) is 36.9 Å². The van der Waals surface area contributed by atoms with Crippen molar-refractivity contribution in [2.24, 2.45) is 0 Å². The third-order valence-electron chi connectivity index (χ3n) is 7.20. The van der Waals surface area contributed by atoms with Gasteiger partial charge in [-0.2, -0.15) is 0 Å². The molecule has 0 saturated heterocycles. The van der Waals surface area contributed by atoms with E-state index in [1.54, 1.807) is 18.2 Å². The van der Waals surface area contributed by atoms with Crippen molar-refractivity contribution in [1.82, 2.24) is 10.2 Å². The van der Waals surface area contributed by atoms with Gasteiger partial charge in [0.2, 0.25) is 21.8 Å². The standard InChI is InChI=1S/C32H39N3O6S/c1-4-5-17-33-32(37)28(20-25-12-7-6-8-13-25)34(22-26-14-10-9-11-24(26)2)31(36)23-35(42(3,38)39)27-15-16-29-30(21-27)41-19-18-40-29/h6-16,21,28H,4-5,17-20,22-23H2,1-3H3,(H,33,37). The smallest absolute Gasteiger partial charge is 0.244 e. The summed E-state index contributed by atoms with van der Waals surface area (Å²) >= 11 is 0. The molecule has 2 amide bonds. The highest BCUT2D eigenvalue weighted by molar-refractivity contribution is 7.92. The second-order valence-corrected chi connectivity index (χ2v) is 12.3. The lowest BCUT2D eigenvalue weighted by Gasteiger charge is -2.34. The van der Waals surface area contributed by atoms with Gasteiger partial charge in [0, 0.05) is 25.6 Å². The molecule has 10 heteroatoms. The number of rotatable bonds is 13. The zero-order valence-corrected chi connectivity index (χ0v) is 25.2. The number of amides is 2. The number of anilines is 1. The highest BCUT2D eigenvalue weighted by Gasteiger charge is 2.33. The molecule has 3 aromatic rings. The van der Waals surface area contributed by atoms with Crippen molar-refractivity contribution in [3.8, 4) is 11.5 Å². The molecule has 1 heterocycles. The first-order chi connectivity index (χ1) is 20.2. The van der Waals surface area contributed by atoms with Gasteiger partial charge in [-0.3, -0.25) is 13.9 Å². The van der Waals surface area contributed by atoms with Gasteiger partial charge >= 0.3 is 0 Å². The van der Waals surface area contributed by atoms with E-state index in [0.717, 1.165) is 40.1 Å². The Morgan fingerprint density at radius 2 is 1.64 bits per heavy atom. The van der Waals surface area contributed by atoms with Gasteiger partial charge in [0.1, 0.15) is 25.8 Å². The quantitative estimate of drug-likeness (QED) is 0.300. The minimum atomic E-state index is -3.89. The van der Waals surface area contributed by atoms with Crippen molar-refractivity contribution in [2.45, 2.75) is 45.7 Å². The van der Waals surface area contributed by atoms with E-state index in [1.165, 1.54) is 4.90 Å². The number of aryl methyl sites for hydroxylation is 1. The van der Waals surface area contributed by atoms with Crippen LogP contribution in [0.2, 0.25) is 0 Å². The molecule has 3 aromatic carbocycles. The van der Waals surface area contributed by atoms with E-state index in [0.29, 0.717) is 31.3 Å². The van der Waals surface area contributed by atoms with Crippen LogP contribution in [0, 0.1) is 6.92 Å². The molecule has 1 aliphatic heterocycles. The number of carbonyl (C=O) groups is 2. The SMILES string of the molecule is CCCCNC(=O)C(Cc1ccccc1)N(Cc1ccccc1C)C(=O)CN(c1ccc2c(c1)OCCO2)S(C)(=O)=O. The Labute approximate surface area is 248 Å². The number of nitrogens with zero attached hydrogens (tertiary/aromatic N) is 2. The molecule has 0 bridgehead atoms. The molecule has 1 aliphatic rings. The molecular weight excluding hydrogens is 554 g/mol. The normalized spacial score (nSPS) is 13.2. The maximum absolute atomic E-state index is 14.2. The zero-order chi connectivity index (χ0) is 30.1. The van der Waals surface area contributed by atoms with Crippen LogP contribution in [-0.2, 0) is 32.6 Å². The van der Waals surface area contributed by atoms with Gasteiger partial charge in [0.25, 0.3) is 0 Å². The topological polar surface area (TPSA) is 105 Å². The summed E-state index contributed by atoms with van der Waals surface area (Å²) < 4.78 is 38.4. The van der Waals surface area contributed by atoms with Gasteiger partial charge in [-0.1, -0.05) is 67.9 Å². The predicted octanol–water partition coefficient (Wildman–Crippen LogP) is 4.09. The Hall–Kier alpha value is -4.05. The van der Waals surface area contributed by atoms with E-state index in [4.69, 9.17) is 9.47 Å². The molecular formula is C32H39N3O6S. The largest absolute Gasteiger partial charge is 0.486 e. The van der Waals surface area contributed by atoms with Crippen molar-refractivity contribution in [3.05, 3.63) is 89.5 Å². The number of unbranched alkanes of at least 4 members (excludes halogenated alkanes) is 1. The predicted molar refractivity (Wildman–Crippen MR) is 163 cm³/mol. The lowest BCUT2D eigenvalue weighted by Crippen LogP contribution is -2.53. The summed E-state index contributed by atoms with van der Waals surface area (Å²) in [7, 11) is -3.89. The number of nitrogens with one attached hydrogen (secondary N) is 1. The summed E-state index contributed by atoms with van der Waals surface area (Å²) in [6.07, 6.45) is 3.05. The van der Waals surface area contributed by atoms with E-state index < -0.39 is 28.5 Å². The molecule has 0 spiro atoms. The van der Waals surface area contributed by atoms with Crippen molar-refractivity contribution < 1.29 is 27.5 Å². The lowest BCUT2D eigenvalue weighted by molar-refractivity contribution is -0.140. The number of hydrogen-bond donors (Lipinski definition) is 1. The van der Waals surface area contributed by atoms with Gasteiger partial charge in [-0.15, -0.1) is 0 Å². The first kappa shape index (κ1) is 30.9. The Morgan fingerprint density at radius 3 is 2.33 bits per heavy atom. The van der Waals surface area contributed by atoms with Crippen LogP contribution < -0.4 is 19.1 Å². The number of hydrogen-bond acceptors (Lipinski definition) is 6. The average molecular weight is 594 g/mol. The monoisotopic (exact) mass is 593 g/mol. The van der Waals surface area contributed by atoms with Crippen LogP contribution >= 0.6 is 0 Å². The highest BCUT2D eigenvalue weighted by atomic mass is 32.2. The average Bonchev–Trinajstić information content (AvgIpc) is 2.98. The summed E-state index contributed by atoms with van der Waals surface area (Å²) in [4.78, 5) is 29.4. The first-order valence-electron chi connectivity index (χ1n) is 14.2. The number of fused-ring (bicyclic) bond motifs is 1. The molecule has 4 rings (SSSR count). The Balaban J connectivity index is 1.72. The molecule has 1 unspecified atom stereocenters. The minimum Gasteiger partial charge on any atom is -0.486 e. The van der Waals surface area contributed by atoms with Crippen molar-refractivity contribution in [1.29, 1.82) is 0 Å². The van der Waals surface area contributed by atoms with E-state index in [2.05, 4.69) is 5.32 Å². The third kappa shape index (κ3) is 8.03. The third-order valence-corrected chi connectivity index (χ3v) is 8.34. The van der Waals surface area contributed by atoms with E-state index in [1.807, 2.05) is 68.4 Å². The van der Waals surface area contributed by atoms with Crippen LogP contribution in [0.1, 0.15) is 36.5 Å². The fraction of sp³-hybridized carbons (Fsp3) is 0.375. The molecule has 9 nitrogen and oxygen atoms in total. The molecule has 1 atom stereocenters. The number of benzene rings is 3. The van der Waals surface area contributed by atoms with Gasteiger partial charge in [0.15, 0.2) is 11.5 Å². The summed E-state index contributed by atoms with van der Waals surface area (Å²) in [6.45, 7) is 4.87. The molecule has 224 valence electrons. The van der Waals surface area contributed by atoms with Crippen LogP contribution in [0.15, 0.2) is 72.8 Å². The fourth-order valence-corrected chi connectivity index (χ4v) is 5.67. The number of ether oxygens (including phenoxy) is 2. The van der Waals surface area contributed by atoms with Gasteiger partial charge in [-0.25, -0.2) is 8.42 Å². The summed E-state index contributed by atoms with van der Waals surface area (Å²) in [6, 6.07) is 21.1. The molecule has 1 N–H and O–H groups in total. The van der Waals surface area contributed by atoms with Crippen LogP contribution in [0.5, 0.6) is 11.5 Å². The molecule has 42 heavy (non-hydrogen) atoms. The maximum atomic E-state index is 14.2. The highest BCUT2D eigenvalue weighted by Crippen LogP contribution is 2.35. The van der Waals surface area contributed by atoms with Gasteiger partial charge in [-0.05, 0) is 42.2 Å². The Kier molecular flexibility index (Phi) is 10.5. The van der Waals surface area contributed by atoms with Crippen molar-refractivity contribution >= 4 is 27.5 Å². The van der Waals surface area contributed by atoms with E-state index >= 15 is 0 Å². The molecule has 0 radical (unpaired) electrons. The van der Waals surface area contributed by atoms with Crippen LogP contribution in [0.25, 0.3) is 0 Å². The van der Waals surface area contributed by atoms with Crippen LogP contribution in [0.3, 0.4) is 0 Å².